The summed E-state index contributed by atoms with van der Waals surface area (Å²) in [6.45, 7) is 6.28. The number of ether oxygens (including phenoxy) is 1. The van der Waals surface area contributed by atoms with Crippen molar-refractivity contribution in [1.29, 1.82) is 0 Å². The number of cyclic esters (lactones) is 1. The fourth-order valence-corrected chi connectivity index (χ4v) is 4.67. The molecule has 1 aliphatic rings. The Hall–Kier alpha value is -2.54. The fourth-order valence-electron chi connectivity index (χ4n) is 3.16. The first-order valence-electron chi connectivity index (χ1n) is 7.93. The van der Waals surface area contributed by atoms with E-state index < -0.39 is 16.1 Å². The number of hydrogen-bond donors (Lipinski definition) is 1. The van der Waals surface area contributed by atoms with E-state index in [1.165, 1.54) is 4.90 Å². The first-order valence-corrected chi connectivity index (χ1v) is 9.41. The van der Waals surface area contributed by atoms with Crippen LogP contribution < -0.4 is 9.62 Å². The Labute approximate surface area is 147 Å². The standard InChI is InChI=1S/C18H20N2O4S/c1-12-9-13(2)17(14(3)10-12)25(22,23)19-15-5-4-6-16(11-15)20-7-8-24-18(20)21/h4-6,9-11,19H,7-8H2,1-3H3. The summed E-state index contributed by atoms with van der Waals surface area (Å²) in [4.78, 5) is 13.4. The van der Waals surface area contributed by atoms with Crippen LogP contribution in [0, 0.1) is 20.8 Å². The van der Waals surface area contributed by atoms with Crippen molar-refractivity contribution >= 4 is 27.5 Å². The Kier molecular flexibility index (Phi) is 4.43. The van der Waals surface area contributed by atoms with Crippen molar-refractivity contribution in [2.75, 3.05) is 22.8 Å². The molecule has 0 aromatic heterocycles. The minimum atomic E-state index is -3.73. The van der Waals surface area contributed by atoms with Crippen molar-refractivity contribution in [3.05, 3.63) is 53.1 Å². The molecule has 1 amide bonds. The third-order valence-electron chi connectivity index (χ3n) is 4.04. The molecule has 2 aromatic carbocycles. The number of nitrogens with zero attached hydrogens (tertiary/aromatic N) is 1. The largest absolute Gasteiger partial charge is 0.447 e. The summed E-state index contributed by atoms with van der Waals surface area (Å²) in [5.41, 5.74) is 3.41. The molecule has 0 atom stereocenters. The fraction of sp³-hybridized carbons (Fsp3) is 0.278. The zero-order valence-corrected chi connectivity index (χ0v) is 15.2. The number of benzene rings is 2. The highest BCUT2D eigenvalue weighted by Crippen LogP contribution is 2.27. The third-order valence-corrected chi connectivity index (χ3v) is 5.73. The zero-order valence-electron chi connectivity index (χ0n) is 14.4. The second-order valence-corrected chi connectivity index (χ2v) is 7.77. The lowest BCUT2D eigenvalue weighted by Gasteiger charge is -2.16. The molecule has 0 unspecified atom stereocenters. The maximum absolute atomic E-state index is 12.8. The zero-order chi connectivity index (χ0) is 18.2. The van der Waals surface area contributed by atoms with Crippen LogP contribution in [-0.4, -0.2) is 27.7 Å². The van der Waals surface area contributed by atoms with E-state index in [0.29, 0.717) is 35.7 Å². The topological polar surface area (TPSA) is 75.7 Å². The van der Waals surface area contributed by atoms with Crippen molar-refractivity contribution in [2.24, 2.45) is 0 Å². The molecule has 0 bridgehead atoms. The molecule has 0 aliphatic carbocycles. The van der Waals surface area contributed by atoms with Crippen molar-refractivity contribution in [1.82, 2.24) is 0 Å². The van der Waals surface area contributed by atoms with E-state index in [4.69, 9.17) is 4.74 Å². The van der Waals surface area contributed by atoms with Gasteiger partial charge in [-0.3, -0.25) is 9.62 Å². The summed E-state index contributed by atoms with van der Waals surface area (Å²) >= 11 is 0. The predicted octanol–water partition coefficient (Wildman–Crippen LogP) is 3.37. The minimum absolute atomic E-state index is 0.282. The van der Waals surface area contributed by atoms with Gasteiger partial charge in [-0.1, -0.05) is 23.8 Å². The first kappa shape index (κ1) is 17.3. The van der Waals surface area contributed by atoms with Crippen LogP contribution in [0.25, 0.3) is 0 Å². The van der Waals surface area contributed by atoms with E-state index in [-0.39, 0.29) is 4.90 Å². The highest BCUT2D eigenvalue weighted by atomic mass is 32.2. The van der Waals surface area contributed by atoms with Crippen molar-refractivity contribution in [3.63, 3.8) is 0 Å². The highest BCUT2D eigenvalue weighted by molar-refractivity contribution is 7.92. The Morgan fingerprint density at radius 1 is 1.08 bits per heavy atom. The van der Waals surface area contributed by atoms with Gasteiger partial charge in [-0.2, -0.15) is 0 Å². The number of anilines is 2. The van der Waals surface area contributed by atoms with Crippen LogP contribution in [0.3, 0.4) is 0 Å². The van der Waals surface area contributed by atoms with Gasteiger partial charge in [-0.05, 0) is 50.1 Å². The van der Waals surface area contributed by atoms with Crippen LogP contribution in [-0.2, 0) is 14.8 Å². The number of carbonyl (C=O) groups is 1. The summed E-state index contributed by atoms with van der Waals surface area (Å²) in [6, 6.07) is 10.4. The molecule has 6 nitrogen and oxygen atoms in total. The predicted molar refractivity (Wildman–Crippen MR) is 96.6 cm³/mol. The average Bonchev–Trinajstić information content (AvgIpc) is 2.91. The maximum atomic E-state index is 12.8. The molecule has 1 saturated heterocycles. The van der Waals surface area contributed by atoms with Gasteiger partial charge in [-0.15, -0.1) is 0 Å². The van der Waals surface area contributed by atoms with Crippen LogP contribution in [0.1, 0.15) is 16.7 Å². The summed E-state index contributed by atoms with van der Waals surface area (Å²) in [5, 5.41) is 0. The number of amides is 1. The smallest absolute Gasteiger partial charge is 0.414 e. The second-order valence-electron chi connectivity index (χ2n) is 6.15. The van der Waals surface area contributed by atoms with E-state index in [1.54, 1.807) is 38.1 Å². The second kappa shape index (κ2) is 6.40. The van der Waals surface area contributed by atoms with Crippen molar-refractivity contribution in [3.8, 4) is 0 Å². The van der Waals surface area contributed by atoms with Gasteiger partial charge >= 0.3 is 6.09 Å². The van der Waals surface area contributed by atoms with E-state index in [9.17, 15) is 13.2 Å². The normalized spacial score (nSPS) is 14.5. The molecule has 0 spiro atoms. The summed E-state index contributed by atoms with van der Waals surface area (Å²) in [7, 11) is -3.73. The van der Waals surface area contributed by atoms with Crippen molar-refractivity contribution in [2.45, 2.75) is 25.7 Å². The minimum Gasteiger partial charge on any atom is -0.447 e. The monoisotopic (exact) mass is 360 g/mol. The Morgan fingerprint density at radius 3 is 2.36 bits per heavy atom. The molecule has 132 valence electrons. The van der Waals surface area contributed by atoms with Gasteiger partial charge in [0, 0.05) is 5.69 Å². The number of sulfonamides is 1. The van der Waals surface area contributed by atoms with E-state index >= 15 is 0 Å². The number of nitrogens with one attached hydrogen (secondary N) is 1. The molecule has 1 heterocycles. The van der Waals surface area contributed by atoms with Gasteiger partial charge in [-0.25, -0.2) is 13.2 Å². The van der Waals surface area contributed by atoms with Crippen LogP contribution in [0.2, 0.25) is 0 Å². The van der Waals surface area contributed by atoms with Gasteiger partial charge in [0.15, 0.2) is 0 Å². The molecular formula is C18H20N2O4S. The lowest BCUT2D eigenvalue weighted by atomic mass is 10.1. The molecule has 7 heteroatoms. The Morgan fingerprint density at radius 2 is 1.76 bits per heavy atom. The van der Waals surface area contributed by atoms with Gasteiger partial charge in [0.2, 0.25) is 0 Å². The van der Waals surface area contributed by atoms with E-state index in [2.05, 4.69) is 4.72 Å². The first-order chi connectivity index (χ1) is 11.8. The number of hydrogen-bond acceptors (Lipinski definition) is 4. The average molecular weight is 360 g/mol. The molecule has 0 saturated carbocycles. The Balaban J connectivity index is 1.93. The molecule has 1 N–H and O–H groups in total. The van der Waals surface area contributed by atoms with Crippen molar-refractivity contribution < 1.29 is 17.9 Å². The molecule has 25 heavy (non-hydrogen) atoms. The van der Waals surface area contributed by atoms with Gasteiger partial charge in [0.25, 0.3) is 10.0 Å². The van der Waals surface area contributed by atoms with Gasteiger partial charge < -0.3 is 4.74 Å². The molecule has 1 fully saturated rings. The summed E-state index contributed by atoms with van der Waals surface area (Å²) < 4.78 is 33.2. The molecule has 0 radical (unpaired) electrons. The molecular weight excluding hydrogens is 340 g/mol. The van der Waals surface area contributed by atoms with E-state index in [1.807, 2.05) is 19.1 Å². The number of carbonyl (C=O) groups excluding carboxylic acids is 1. The quantitative estimate of drug-likeness (QED) is 0.907. The lowest BCUT2D eigenvalue weighted by molar-refractivity contribution is 0.181. The number of rotatable bonds is 4. The van der Waals surface area contributed by atoms with Crippen LogP contribution in [0.4, 0.5) is 16.2 Å². The van der Waals surface area contributed by atoms with E-state index in [0.717, 1.165) is 5.56 Å². The maximum Gasteiger partial charge on any atom is 0.414 e. The van der Waals surface area contributed by atoms with Crippen LogP contribution >= 0.6 is 0 Å². The molecule has 3 rings (SSSR count). The van der Waals surface area contributed by atoms with Gasteiger partial charge in [0.05, 0.1) is 17.1 Å². The highest BCUT2D eigenvalue weighted by Gasteiger charge is 2.24. The van der Waals surface area contributed by atoms with Crippen LogP contribution in [0.5, 0.6) is 0 Å². The third kappa shape index (κ3) is 3.46. The number of aryl methyl sites for hydroxylation is 3. The van der Waals surface area contributed by atoms with Gasteiger partial charge in [0.1, 0.15) is 6.61 Å². The SMILES string of the molecule is Cc1cc(C)c(S(=O)(=O)Nc2cccc(N3CCOC3=O)c2)c(C)c1. The Bertz CT molecular complexity index is 915. The summed E-state index contributed by atoms with van der Waals surface area (Å²) in [6.07, 6.45) is -0.426. The molecule has 1 aliphatic heterocycles. The summed E-state index contributed by atoms with van der Waals surface area (Å²) in [5.74, 6) is 0. The van der Waals surface area contributed by atoms with Crippen LogP contribution in [0.15, 0.2) is 41.3 Å². The molecule has 2 aromatic rings. The lowest BCUT2D eigenvalue weighted by Crippen LogP contribution is -2.23.